The molecule has 0 saturated carbocycles. The number of aliphatic imine (C=N–C) groups is 1. The molecule has 32 heavy (non-hydrogen) atoms. The number of carbonyl (C=O) groups is 3. The minimum absolute atomic E-state index is 0.0165. The molecule has 2 aromatic rings. The summed E-state index contributed by atoms with van der Waals surface area (Å²) in [5.74, 6) is -0.451. The topological polar surface area (TPSA) is 112 Å². The molecule has 2 aromatic carbocycles. The summed E-state index contributed by atoms with van der Waals surface area (Å²) >= 11 is 0. The molecular formula is C23H25N5O4. The first-order valence-electron chi connectivity index (χ1n) is 10.5. The molecule has 0 radical (unpaired) electrons. The Balaban J connectivity index is 1.46. The van der Waals surface area contributed by atoms with Crippen molar-refractivity contribution in [2.75, 3.05) is 38.2 Å². The van der Waals surface area contributed by atoms with Crippen LogP contribution in [0.2, 0.25) is 0 Å². The highest BCUT2D eigenvalue weighted by atomic mass is 16.5. The van der Waals surface area contributed by atoms with E-state index in [9.17, 15) is 14.4 Å². The number of guanidine groups is 1. The highest BCUT2D eigenvalue weighted by Gasteiger charge is 2.19. The molecule has 9 nitrogen and oxygen atoms in total. The van der Waals surface area contributed by atoms with Crippen LogP contribution in [0.3, 0.4) is 0 Å². The predicted octanol–water partition coefficient (Wildman–Crippen LogP) is 1.82. The Labute approximate surface area is 185 Å². The molecule has 2 aliphatic heterocycles. The molecule has 4 rings (SSSR count). The van der Waals surface area contributed by atoms with Crippen LogP contribution < -0.4 is 16.0 Å². The van der Waals surface area contributed by atoms with Crippen molar-refractivity contribution in [3.05, 3.63) is 59.2 Å². The predicted molar refractivity (Wildman–Crippen MR) is 120 cm³/mol. The number of anilines is 2. The summed E-state index contributed by atoms with van der Waals surface area (Å²) in [7, 11) is 0. The van der Waals surface area contributed by atoms with Gasteiger partial charge in [0, 0.05) is 48.6 Å². The molecule has 0 aromatic heterocycles. The van der Waals surface area contributed by atoms with Gasteiger partial charge in [0.15, 0.2) is 0 Å². The molecule has 166 valence electrons. The van der Waals surface area contributed by atoms with Gasteiger partial charge in [-0.2, -0.15) is 4.99 Å². The van der Waals surface area contributed by atoms with Gasteiger partial charge >= 0.3 is 0 Å². The third-order valence-electron chi connectivity index (χ3n) is 5.28. The largest absolute Gasteiger partial charge is 0.378 e. The van der Waals surface area contributed by atoms with Crippen LogP contribution in [-0.4, -0.2) is 61.4 Å². The second-order valence-electron chi connectivity index (χ2n) is 7.63. The first-order valence-corrected chi connectivity index (χ1v) is 10.5. The van der Waals surface area contributed by atoms with Crippen molar-refractivity contribution in [2.45, 2.75) is 13.3 Å². The summed E-state index contributed by atoms with van der Waals surface area (Å²) < 4.78 is 5.32. The fraction of sp³-hybridized carbons (Fsp3) is 0.304. The van der Waals surface area contributed by atoms with Crippen molar-refractivity contribution >= 4 is 35.1 Å². The van der Waals surface area contributed by atoms with E-state index in [1.165, 1.54) is 0 Å². The minimum Gasteiger partial charge on any atom is -0.378 e. The maximum absolute atomic E-state index is 12.7. The normalized spacial score (nSPS) is 17.5. The van der Waals surface area contributed by atoms with E-state index in [0.717, 1.165) is 16.9 Å². The van der Waals surface area contributed by atoms with Gasteiger partial charge in [-0.15, -0.1) is 0 Å². The number of hydrogen-bond donors (Lipinski definition) is 3. The van der Waals surface area contributed by atoms with E-state index in [4.69, 9.17) is 4.74 Å². The van der Waals surface area contributed by atoms with Crippen LogP contribution in [0.15, 0.2) is 47.5 Å². The van der Waals surface area contributed by atoms with Gasteiger partial charge in [-0.25, -0.2) is 0 Å². The first kappa shape index (κ1) is 21.5. The summed E-state index contributed by atoms with van der Waals surface area (Å²) in [4.78, 5) is 42.4. The third-order valence-corrected chi connectivity index (χ3v) is 5.28. The van der Waals surface area contributed by atoms with Crippen LogP contribution in [0.25, 0.3) is 0 Å². The second-order valence-corrected chi connectivity index (χ2v) is 7.63. The maximum Gasteiger partial charge on any atom is 0.280 e. The molecule has 2 saturated heterocycles. The number of carbonyl (C=O) groups excluding carboxylic acids is 3. The molecule has 9 heteroatoms. The number of rotatable bonds is 4. The first-order chi connectivity index (χ1) is 15.5. The number of hydrogen-bond acceptors (Lipinski definition) is 5. The molecule has 0 unspecified atom stereocenters. The lowest BCUT2D eigenvalue weighted by atomic mass is 10.1. The molecule has 2 heterocycles. The summed E-state index contributed by atoms with van der Waals surface area (Å²) in [6.07, 6.45) is 0.353. The smallest absolute Gasteiger partial charge is 0.280 e. The molecule has 3 N–H and O–H groups in total. The van der Waals surface area contributed by atoms with Crippen molar-refractivity contribution in [1.82, 2.24) is 15.5 Å². The number of aryl methyl sites for hydroxylation is 1. The van der Waals surface area contributed by atoms with Crippen LogP contribution >= 0.6 is 0 Å². The van der Waals surface area contributed by atoms with Gasteiger partial charge in [0.2, 0.25) is 11.9 Å². The number of morpholine rings is 1. The van der Waals surface area contributed by atoms with E-state index >= 15 is 0 Å². The van der Waals surface area contributed by atoms with Crippen molar-refractivity contribution in [1.29, 1.82) is 0 Å². The number of benzene rings is 2. The molecule has 0 atom stereocenters. The summed E-state index contributed by atoms with van der Waals surface area (Å²) in [5.41, 5.74) is 3.47. The Morgan fingerprint density at radius 1 is 1.09 bits per heavy atom. The minimum atomic E-state index is -0.442. The van der Waals surface area contributed by atoms with Crippen LogP contribution in [-0.2, 0) is 9.53 Å². The highest BCUT2D eigenvalue weighted by Crippen LogP contribution is 2.23. The van der Waals surface area contributed by atoms with Gasteiger partial charge in [0.25, 0.3) is 11.8 Å². The van der Waals surface area contributed by atoms with Crippen LogP contribution in [0.5, 0.6) is 0 Å². The van der Waals surface area contributed by atoms with Crippen LogP contribution in [0.1, 0.15) is 32.7 Å². The van der Waals surface area contributed by atoms with Crippen LogP contribution in [0, 0.1) is 6.92 Å². The Kier molecular flexibility index (Phi) is 6.46. The average Bonchev–Trinajstić information content (AvgIpc) is 2.80. The standard InChI is InChI=1S/C23H25N5O4/c1-15-13-16(21(30)27-23-24-8-7-20(29)26-23)5-6-19(15)25-18-4-2-3-17(14-18)22(31)28-9-11-32-12-10-28/h2-6,13-14,25H,7-12H2,1H3,(H2,24,26,27,29,30). The van der Waals surface area contributed by atoms with Gasteiger partial charge in [-0.05, 0) is 48.9 Å². The second kappa shape index (κ2) is 9.61. The van der Waals surface area contributed by atoms with Gasteiger partial charge < -0.3 is 20.3 Å². The Morgan fingerprint density at radius 3 is 2.66 bits per heavy atom. The molecule has 2 aliphatic rings. The molecule has 0 spiro atoms. The molecule has 3 amide bonds. The molecule has 0 bridgehead atoms. The number of nitrogens with one attached hydrogen (secondary N) is 3. The lowest BCUT2D eigenvalue weighted by Gasteiger charge is -2.27. The van der Waals surface area contributed by atoms with Gasteiger partial charge in [-0.1, -0.05) is 6.07 Å². The van der Waals surface area contributed by atoms with Crippen molar-refractivity contribution in [3.8, 4) is 0 Å². The lowest BCUT2D eigenvalue weighted by molar-refractivity contribution is -0.120. The fourth-order valence-corrected chi connectivity index (χ4v) is 3.54. The van der Waals surface area contributed by atoms with E-state index in [-0.39, 0.29) is 17.8 Å². The number of ether oxygens (including phenoxy) is 1. The molecule has 2 fully saturated rings. The van der Waals surface area contributed by atoms with Gasteiger partial charge in [0.05, 0.1) is 13.2 Å². The van der Waals surface area contributed by atoms with E-state index in [0.29, 0.717) is 50.4 Å². The van der Waals surface area contributed by atoms with Crippen LogP contribution in [0.4, 0.5) is 11.4 Å². The third kappa shape index (κ3) is 5.12. The highest BCUT2D eigenvalue weighted by molar-refractivity contribution is 6.08. The number of amides is 3. The van der Waals surface area contributed by atoms with E-state index in [1.54, 1.807) is 29.2 Å². The molecular weight excluding hydrogens is 410 g/mol. The molecule has 0 aliphatic carbocycles. The van der Waals surface area contributed by atoms with Gasteiger partial charge in [0.1, 0.15) is 0 Å². The average molecular weight is 435 g/mol. The Morgan fingerprint density at radius 2 is 1.91 bits per heavy atom. The Bertz CT molecular complexity index is 1080. The fourth-order valence-electron chi connectivity index (χ4n) is 3.54. The Hall–Kier alpha value is -3.72. The van der Waals surface area contributed by atoms with E-state index < -0.39 is 5.91 Å². The maximum atomic E-state index is 12.7. The van der Waals surface area contributed by atoms with Crippen molar-refractivity contribution in [2.24, 2.45) is 4.99 Å². The van der Waals surface area contributed by atoms with Crippen molar-refractivity contribution < 1.29 is 19.1 Å². The number of nitrogens with zero attached hydrogens (tertiary/aromatic N) is 2. The quantitative estimate of drug-likeness (QED) is 0.675. The SMILES string of the molecule is Cc1cc(C(=O)/N=C2\NCCC(=O)N2)ccc1Nc1cccc(C(=O)N2CCOCC2)c1. The van der Waals surface area contributed by atoms with Gasteiger partial charge in [-0.3, -0.25) is 19.7 Å². The van der Waals surface area contributed by atoms with E-state index in [1.807, 2.05) is 25.1 Å². The zero-order valence-electron chi connectivity index (χ0n) is 17.8. The summed E-state index contributed by atoms with van der Waals surface area (Å²) in [6, 6.07) is 12.6. The summed E-state index contributed by atoms with van der Waals surface area (Å²) in [5, 5.41) is 8.75. The summed E-state index contributed by atoms with van der Waals surface area (Å²) in [6.45, 7) is 4.63. The lowest BCUT2D eigenvalue weighted by Crippen LogP contribution is -2.48. The van der Waals surface area contributed by atoms with E-state index in [2.05, 4.69) is 20.9 Å². The zero-order valence-corrected chi connectivity index (χ0v) is 17.8. The zero-order chi connectivity index (χ0) is 22.5. The monoisotopic (exact) mass is 435 g/mol. The van der Waals surface area contributed by atoms with Crippen molar-refractivity contribution in [3.63, 3.8) is 0 Å².